The number of carbonyl (C=O) groups is 3. The second-order valence-corrected chi connectivity index (χ2v) is 9.35. The average molecular weight is 344 g/mol. The first-order chi connectivity index (χ1) is 11.6. The van der Waals surface area contributed by atoms with E-state index >= 15 is 0 Å². The predicted octanol–water partition coefficient (Wildman–Crippen LogP) is 3.02. The highest BCUT2D eigenvalue weighted by Crippen LogP contribution is 2.66. The Kier molecular flexibility index (Phi) is 3.51. The molecule has 4 aliphatic carbocycles. The lowest BCUT2D eigenvalue weighted by Crippen LogP contribution is -2.59. The van der Waals surface area contributed by atoms with Gasteiger partial charge in [-0.25, -0.2) is 0 Å². The summed E-state index contributed by atoms with van der Waals surface area (Å²) in [4.78, 5) is 37.2. The minimum Gasteiger partial charge on any atom is -0.382 e. The van der Waals surface area contributed by atoms with Gasteiger partial charge >= 0.3 is 0 Å². The molecule has 0 aromatic rings. The molecule has 4 heteroatoms. The summed E-state index contributed by atoms with van der Waals surface area (Å²) in [5.74, 6) is 0.430. The summed E-state index contributed by atoms with van der Waals surface area (Å²) in [6, 6.07) is 0. The van der Waals surface area contributed by atoms with Crippen LogP contribution in [0.1, 0.15) is 65.7 Å². The molecule has 0 bridgehead atoms. The van der Waals surface area contributed by atoms with Gasteiger partial charge in [0.25, 0.3) is 0 Å². The maximum atomic E-state index is 13.1. The molecule has 3 fully saturated rings. The largest absolute Gasteiger partial charge is 0.382 e. The van der Waals surface area contributed by atoms with E-state index in [1.807, 2.05) is 6.92 Å². The zero-order valence-corrected chi connectivity index (χ0v) is 15.4. The fourth-order valence-corrected chi connectivity index (χ4v) is 6.86. The minimum atomic E-state index is -1.29. The van der Waals surface area contributed by atoms with Crippen molar-refractivity contribution >= 4 is 17.3 Å². The Morgan fingerprint density at radius 2 is 1.80 bits per heavy atom. The van der Waals surface area contributed by atoms with Crippen LogP contribution in [0.5, 0.6) is 0 Å². The minimum absolute atomic E-state index is 0.0728. The van der Waals surface area contributed by atoms with E-state index in [2.05, 4.69) is 6.92 Å². The summed E-state index contributed by atoms with van der Waals surface area (Å²) in [6.07, 6.45) is 6.33. The van der Waals surface area contributed by atoms with E-state index in [0.717, 1.165) is 31.3 Å². The first-order valence-corrected chi connectivity index (χ1v) is 9.63. The van der Waals surface area contributed by atoms with Gasteiger partial charge in [-0.3, -0.25) is 14.4 Å². The molecule has 0 saturated heterocycles. The molecule has 0 amide bonds. The number of hydrogen-bond donors (Lipinski definition) is 1. The van der Waals surface area contributed by atoms with E-state index in [9.17, 15) is 19.5 Å². The molecule has 1 N–H and O–H groups in total. The third kappa shape index (κ3) is 2.00. The molecule has 6 atom stereocenters. The van der Waals surface area contributed by atoms with Crippen LogP contribution < -0.4 is 0 Å². The number of Topliss-reactive ketones (excluding diaryl/α,β-unsaturated/α-hetero) is 2. The van der Waals surface area contributed by atoms with E-state index in [4.69, 9.17) is 0 Å². The first-order valence-electron chi connectivity index (χ1n) is 9.63. The second-order valence-electron chi connectivity index (χ2n) is 9.35. The van der Waals surface area contributed by atoms with Crippen molar-refractivity contribution in [2.45, 2.75) is 71.3 Å². The lowest BCUT2D eigenvalue weighted by molar-refractivity contribution is -0.164. The molecular weight excluding hydrogens is 316 g/mol. The highest BCUT2D eigenvalue weighted by Gasteiger charge is 2.67. The Balaban J connectivity index is 1.76. The molecule has 136 valence electrons. The Labute approximate surface area is 149 Å². The van der Waals surface area contributed by atoms with Crippen LogP contribution in [0, 0.1) is 28.6 Å². The summed E-state index contributed by atoms with van der Waals surface area (Å²) in [5.41, 5.74) is -0.844. The molecule has 3 saturated carbocycles. The Bertz CT molecular complexity index is 707. The highest BCUT2D eigenvalue weighted by molar-refractivity contribution is 5.95. The number of fused-ring (bicyclic) bond motifs is 5. The molecule has 0 unspecified atom stereocenters. The van der Waals surface area contributed by atoms with E-state index in [1.165, 1.54) is 6.92 Å². The van der Waals surface area contributed by atoms with E-state index in [1.54, 1.807) is 6.08 Å². The number of allylic oxidation sites excluding steroid dienone is 1. The Morgan fingerprint density at radius 3 is 2.48 bits per heavy atom. The maximum absolute atomic E-state index is 13.1. The normalized spacial score (nSPS) is 49.1. The van der Waals surface area contributed by atoms with Crippen LogP contribution in [0.4, 0.5) is 0 Å². The van der Waals surface area contributed by atoms with Crippen LogP contribution in [0.25, 0.3) is 0 Å². The van der Waals surface area contributed by atoms with E-state index in [-0.39, 0.29) is 40.5 Å². The number of ketones is 3. The molecule has 0 aliphatic heterocycles. The second kappa shape index (κ2) is 5.12. The van der Waals surface area contributed by atoms with Crippen molar-refractivity contribution in [3.8, 4) is 0 Å². The van der Waals surface area contributed by atoms with Crippen molar-refractivity contribution in [1.29, 1.82) is 0 Å². The molecule has 25 heavy (non-hydrogen) atoms. The Morgan fingerprint density at radius 1 is 1.12 bits per heavy atom. The van der Waals surface area contributed by atoms with Crippen LogP contribution in [0.15, 0.2) is 11.6 Å². The quantitative estimate of drug-likeness (QED) is 0.794. The Hall–Kier alpha value is -1.29. The fraction of sp³-hybridized carbons (Fsp3) is 0.762. The summed E-state index contributed by atoms with van der Waals surface area (Å²) >= 11 is 0. The lowest BCUT2D eigenvalue weighted by atomic mass is 9.46. The van der Waals surface area contributed by atoms with Crippen molar-refractivity contribution in [2.75, 3.05) is 0 Å². The van der Waals surface area contributed by atoms with E-state index < -0.39 is 11.0 Å². The van der Waals surface area contributed by atoms with Crippen molar-refractivity contribution in [3.05, 3.63) is 11.6 Å². The monoisotopic (exact) mass is 344 g/mol. The average Bonchev–Trinajstić information content (AvgIpc) is 2.82. The number of carbonyl (C=O) groups excluding carboxylic acids is 3. The van der Waals surface area contributed by atoms with Crippen molar-refractivity contribution in [2.24, 2.45) is 28.6 Å². The van der Waals surface area contributed by atoms with Gasteiger partial charge in [0.2, 0.25) is 0 Å². The molecule has 4 aliphatic rings. The SMILES string of the molecule is CC(=O)[C@@]1(O)CC[C@H]2[C@@H]3C(=O)CC4=CC(=O)CC[C@]4(C)[C@H]3CC[C@@]21C. The predicted molar refractivity (Wildman–Crippen MR) is 92.7 cm³/mol. The maximum Gasteiger partial charge on any atom is 0.161 e. The summed E-state index contributed by atoms with van der Waals surface area (Å²) in [7, 11) is 0. The summed E-state index contributed by atoms with van der Waals surface area (Å²) in [5, 5.41) is 11.1. The van der Waals surface area contributed by atoms with Gasteiger partial charge in [0, 0.05) is 24.2 Å². The van der Waals surface area contributed by atoms with Gasteiger partial charge in [-0.1, -0.05) is 19.4 Å². The molecule has 0 radical (unpaired) electrons. The van der Waals surface area contributed by atoms with Crippen LogP contribution >= 0.6 is 0 Å². The van der Waals surface area contributed by atoms with Crippen molar-refractivity contribution in [1.82, 2.24) is 0 Å². The number of aliphatic hydroxyl groups is 1. The van der Waals surface area contributed by atoms with Gasteiger partial charge in [-0.15, -0.1) is 0 Å². The number of rotatable bonds is 1. The van der Waals surface area contributed by atoms with Crippen LogP contribution in [0.3, 0.4) is 0 Å². The summed E-state index contributed by atoms with van der Waals surface area (Å²) in [6.45, 7) is 5.73. The zero-order chi connectivity index (χ0) is 18.2. The summed E-state index contributed by atoms with van der Waals surface area (Å²) < 4.78 is 0. The third-order valence-corrected chi connectivity index (χ3v) is 8.52. The molecule has 0 aromatic heterocycles. The molecule has 0 heterocycles. The molecule has 0 aromatic carbocycles. The number of hydrogen-bond acceptors (Lipinski definition) is 4. The van der Waals surface area contributed by atoms with Gasteiger partial charge in [0.15, 0.2) is 11.6 Å². The van der Waals surface area contributed by atoms with Crippen molar-refractivity contribution in [3.63, 3.8) is 0 Å². The fourth-order valence-electron chi connectivity index (χ4n) is 6.86. The van der Waals surface area contributed by atoms with E-state index in [0.29, 0.717) is 19.3 Å². The first kappa shape index (κ1) is 17.1. The third-order valence-electron chi connectivity index (χ3n) is 8.52. The van der Waals surface area contributed by atoms with Gasteiger partial charge in [-0.05, 0) is 62.4 Å². The topological polar surface area (TPSA) is 71.4 Å². The standard InChI is InChI=1S/C21H28O4/c1-12(22)21(25)9-6-16-18-15(5-8-20(16,21)3)19(2)7-4-14(23)10-13(19)11-17(18)24/h10,15-16,18,25H,4-9,11H2,1-3H3/t15-,16-,18+,19-,20-,21-/m0/s1. The van der Waals surface area contributed by atoms with Gasteiger partial charge in [-0.2, -0.15) is 0 Å². The van der Waals surface area contributed by atoms with Crippen molar-refractivity contribution < 1.29 is 19.5 Å². The van der Waals surface area contributed by atoms with Crippen LogP contribution in [0.2, 0.25) is 0 Å². The van der Waals surface area contributed by atoms with Crippen LogP contribution in [-0.4, -0.2) is 28.1 Å². The highest BCUT2D eigenvalue weighted by atomic mass is 16.3. The molecule has 4 nitrogen and oxygen atoms in total. The lowest BCUT2D eigenvalue weighted by Gasteiger charge is -2.57. The van der Waals surface area contributed by atoms with Gasteiger partial charge in [0.1, 0.15) is 11.4 Å². The molecular formula is C21H28O4. The molecule has 4 rings (SSSR count). The van der Waals surface area contributed by atoms with Gasteiger partial charge < -0.3 is 5.11 Å². The molecule has 0 spiro atoms. The zero-order valence-electron chi connectivity index (χ0n) is 15.4. The smallest absolute Gasteiger partial charge is 0.161 e. The van der Waals surface area contributed by atoms with Gasteiger partial charge in [0.05, 0.1) is 0 Å². The van der Waals surface area contributed by atoms with Crippen LogP contribution in [-0.2, 0) is 14.4 Å².